The third kappa shape index (κ3) is 9.13. The van der Waals surface area contributed by atoms with Crippen LogP contribution in [0.5, 0.6) is 5.75 Å². The molecule has 0 atom stereocenters. The summed E-state index contributed by atoms with van der Waals surface area (Å²) in [5.74, 6) is -1.00. The largest absolute Gasteiger partial charge is 1.00 e. The predicted molar refractivity (Wildman–Crippen MR) is 157 cm³/mol. The summed E-state index contributed by atoms with van der Waals surface area (Å²) in [5.41, 5.74) is 1.04. The minimum atomic E-state index is -5.11. The summed E-state index contributed by atoms with van der Waals surface area (Å²) in [7, 11) is -9.69. The van der Waals surface area contributed by atoms with Crippen LogP contribution < -0.4 is 64.4 Å². The monoisotopic (exact) mass is 675 g/mol. The van der Waals surface area contributed by atoms with Gasteiger partial charge in [0.1, 0.15) is 25.9 Å². The normalized spacial score (nSPS) is 11.7. The molecule has 0 unspecified atom stereocenters. The van der Waals surface area contributed by atoms with Gasteiger partial charge in [0.15, 0.2) is 5.75 Å². The van der Waals surface area contributed by atoms with Gasteiger partial charge < -0.3 is 19.5 Å². The van der Waals surface area contributed by atoms with Gasteiger partial charge in [0.2, 0.25) is 0 Å². The summed E-state index contributed by atoms with van der Waals surface area (Å²) in [4.78, 5) is 11.3. The molecule has 5 aromatic carbocycles. The molecule has 46 heavy (non-hydrogen) atoms. The van der Waals surface area contributed by atoms with E-state index < -0.39 is 47.4 Å². The van der Waals surface area contributed by atoms with Gasteiger partial charge in [0.05, 0.1) is 26.9 Å². The molecule has 0 radical (unpaired) electrons. The van der Waals surface area contributed by atoms with Crippen LogP contribution in [0.15, 0.2) is 133 Å². The maximum Gasteiger partial charge on any atom is 1.00 e. The maximum atomic E-state index is 12.5. The van der Waals surface area contributed by atoms with Crippen LogP contribution in [0.2, 0.25) is 0 Å². The Labute approximate surface area is 307 Å². The Balaban J connectivity index is 0.00000288. The van der Waals surface area contributed by atoms with E-state index in [1.807, 2.05) is 0 Å². The molecule has 0 saturated carbocycles. The van der Waals surface area contributed by atoms with Gasteiger partial charge in [-0.15, -0.1) is 5.11 Å². The SMILES string of the molecule is O=C(Nc1ccc2c(O)c(/N=N/c3ccc(/N=N/c4ccc(S(=O)(=O)[O-])cc4)cc3)c(S(=O)(=O)[O-])cc2c1)c1ccccc1.[Na+].[Na+]. The van der Waals surface area contributed by atoms with Crippen molar-refractivity contribution in [3.8, 4) is 5.75 Å². The fourth-order valence-corrected chi connectivity index (χ4v) is 5.11. The molecule has 0 aromatic heterocycles. The van der Waals surface area contributed by atoms with E-state index >= 15 is 0 Å². The number of hydrogen-bond donors (Lipinski definition) is 2. The summed E-state index contributed by atoms with van der Waals surface area (Å²) < 4.78 is 69.4. The quantitative estimate of drug-likeness (QED) is 0.133. The molecule has 17 heteroatoms. The number of carbonyl (C=O) groups excluding carboxylic acids is 1. The van der Waals surface area contributed by atoms with Gasteiger partial charge in [-0.05, 0) is 90.3 Å². The Morgan fingerprint density at radius 3 is 1.70 bits per heavy atom. The Hall–Kier alpha value is -3.35. The summed E-state index contributed by atoms with van der Waals surface area (Å²) in [6.07, 6.45) is 0. The van der Waals surface area contributed by atoms with Crippen molar-refractivity contribution in [2.24, 2.45) is 20.5 Å². The van der Waals surface area contributed by atoms with Crippen molar-refractivity contribution < 1.29 is 95.0 Å². The summed E-state index contributed by atoms with van der Waals surface area (Å²) >= 11 is 0. The molecule has 222 valence electrons. The first-order chi connectivity index (χ1) is 20.9. The number of nitrogens with one attached hydrogen (secondary N) is 1. The second-order valence-electron chi connectivity index (χ2n) is 9.15. The average molecular weight is 676 g/mol. The fourth-order valence-electron chi connectivity index (χ4n) is 4.00. The second kappa shape index (κ2) is 15.5. The topological polar surface area (TPSA) is 213 Å². The standard InChI is InChI=1S/C29H21N5O8S2.2Na/c35-28-25-15-12-23(30-29(36)18-4-2-1-3-5-18)16-19(25)17-26(44(40,41)42)27(28)34-33-21-8-6-20(7-9-21)31-32-22-10-13-24(14-11-22)43(37,38)39;;/h1-17,35H,(H,30,36)(H,37,38,39)(H,40,41,42);;/q;2*+1/p-2/b32-31+,34-33+;;. The Bertz CT molecular complexity index is 2160. The molecule has 1 amide bonds. The molecule has 0 bridgehead atoms. The molecule has 0 fully saturated rings. The molecule has 13 nitrogen and oxygen atoms in total. The second-order valence-corrected chi connectivity index (χ2v) is 11.9. The van der Waals surface area contributed by atoms with Crippen molar-refractivity contribution in [2.45, 2.75) is 9.79 Å². The minimum Gasteiger partial charge on any atom is -0.744 e. The van der Waals surface area contributed by atoms with Crippen molar-refractivity contribution in [1.29, 1.82) is 0 Å². The molecule has 0 spiro atoms. The van der Waals surface area contributed by atoms with Crippen LogP contribution in [0.4, 0.5) is 28.4 Å². The van der Waals surface area contributed by atoms with Crippen LogP contribution in [-0.4, -0.2) is 37.0 Å². The third-order valence-electron chi connectivity index (χ3n) is 6.14. The van der Waals surface area contributed by atoms with Gasteiger partial charge in [-0.25, -0.2) is 16.8 Å². The Morgan fingerprint density at radius 1 is 0.652 bits per heavy atom. The number of phenols is 1. The minimum absolute atomic E-state index is 0. The smallest absolute Gasteiger partial charge is 0.744 e. The van der Waals surface area contributed by atoms with Gasteiger partial charge in [0, 0.05) is 16.6 Å². The molecule has 2 N–H and O–H groups in total. The average Bonchev–Trinajstić information content (AvgIpc) is 2.99. The van der Waals surface area contributed by atoms with Gasteiger partial charge in [-0.2, -0.15) is 15.3 Å². The van der Waals surface area contributed by atoms with E-state index in [1.165, 1.54) is 54.6 Å². The molecule has 0 heterocycles. The molecule has 0 saturated heterocycles. The molecule has 0 aliphatic carbocycles. The molecule has 5 aromatic rings. The number of amides is 1. The molecular formula is C29H19N5Na2O8S2. The van der Waals surface area contributed by atoms with Crippen LogP contribution in [0.25, 0.3) is 10.8 Å². The van der Waals surface area contributed by atoms with Crippen molar-refractivity contribution in [2.75, 3.05) is 5.32 Å². The fraction of sp³-hybridized carbons (Fsp3) is 0. The van der Waals surface area contributed by atoms with Crippen molar-refractivity contribution in [3.63, 3.8) is 0 Å². The molecule has 5 rings (SSSR count). The summed E-state index contributed by atoms with van der Waals surface area (Å²) in [6.45, 7) is 0. The van der Waals surface area contributed by atoms with Crippen LogP contribution in [0.1, 0.15) is 10.4 Å². The number of carbonyl (C=O) groups is 1. The van der Waals surface area contributed by atoms with Gasteiger partial charge in [0.25, 0.3) is 5.91 Å². The van der Waals surface area contributed by atoms with Gasteiger partial charge in [-0.3, -0.25) is 4.79 Å². The van der Waals surface area contributed by atoms with Gasteiger partial charge >= 0.3 is 59.1 Å². The van der Waals surface area contributed by atoms with E-state index in [9.17, 15) is 35.8 Å². The molecular weight excluding hydrogens is 656 g/mol. The summed E-state index contributed by atoms with van der Waals surface area (Å²) in [5, 5.41) is 29.7. The summed E-state index contributed by atoms with van der Waals surface area (Å²) in [6, 6.07) is 24.6. The predicted octanol–water partition coefficient (Wildman–Crippen LogP) is 0.445. The van der Waals surface area contributed by atoms with Crippen LogP contribution >= 0.6 is 0 Å². The first kappa shape index (κ1) is 37.1. The number of fused-ring (bicyclic) bond motifs is 1. The zero-order chi connectivity index (χ0) is 31.5. The zero-order valence-corrected chi connectivity index (χ0v) is 29.9. The van der Waals surface area contributed by atoms with Crippen molar-refractivity contribution in [3.05, 3.63) is 109 Å². The van der Waals surface area contributed by atoms with E-state index in [0.29, 0.717) is 22.6 Å². The van der Waals surface area contributed by atoms with E-state index in [-0.39, 0.29) is 75.6 Å². The zero-order valence-electron chi connectivity index (χ0n) is 24.2. The number of benzene rings is 5. The van der Waals surface area contributed by atoms with Crippen molar-refractivity contribution in [1.82, 2.24) is 0 Å². The Kier molecular flexibility index (Phi) is 12.5. The number of rotatable bonds is 8. The van der Waals surface area contributed by atoms with E-state index in [1.54, 1.807) is 30.3 Å². The maximum absolute atomic E-state index is 12.5. The number of phenolic OH excluding ortho intramolecular Hbond substituents is 1. The van der Waals surface area contributed by atoms with Crippen LogP contribution in [0, 0.1) is 0 Å². The number of azo groups is 2. The van der Waals surface area contributed by atoms with E-state index in [0.717, 1.165) is 18.2 Å². The first-order valence-electron chi connectivity index (χ1n) is 12.5. The number of anilines is 1. The number of hydrogen-bond acceptors (Lipinski definition) is 12. The van der Waals surface area contributed by atoms with Gasteiger partial charge in [-0.1, -0.05) is 18.2 Å². The van der Waals surface area contributed by atoms with E-state index in [2.05, 4.69) is 25.8 Å². The number of nitrogens with zero attached hydrogens (tertiary/aromatic N) is 4. The molecule has 0 aliphatic heterocycles. The van der Waals surface area contributed by atoms with Crippen LogP contribution in [-0.2, 0) is 20.2 Å². The van der Waals surface area contributed by atoms with Crippen molar-refractivity contribution >= 4 is 65.4 Å². The number of aromatic hydroxyl groups is 1. The third-order valence-corrected chi connectivity index (χ3v) is 7.84. The molecule has 0 aliphatic rings. The van der Waals surface area contributed by atoms with E-state index in [4.69, 9.17) is 0 Å². The van der Waals surface area contributed by atoms with Crippen LogP contribution in [0.3, 0.4) is 0 Å². The first-order valence-corrected chi connectivity index (χ1v) is 15.3. The Morgan fingerprint density at radius 2 is 1.17 bits per heavy atom.